The second-order valence-corrected chi connectivity index (χ2v) is 6.09. The summed E-state index contributed by atoms with van der Waals surface area (Å²) in [6.45, 7) is 0.529. The standard InChI is InChI=1S/C18H16ClNO4/c19-14-7-6-13-9-20(10-16(17(21)22)15(13)8-14)18(23)24-11-12-4-2-1-3-5-12/h1-8,16H,9-11H2,(H,21,22). The molecule has 3 rings (SSSR count). The number of nitrogens with zero attached hydrogens (tertiary/aromatic N) is 1. The maximum Gasteiger partial charge on any atom is 0.410 e. The van der Waals surface area contributed by atoms with E-state index in [1.807, 2.05) is 30.3 Å². The predicted octanol–water partition coefficient (Wildman–Crippen LogP) is 3.66. The smallest absolute Gasteiger partial charge is 0.410 e. The van der Waals surface area contributed by atoms with Crippen molar-refractivity contribution in [3.05, 3.63) is 70.2 Å². The molecule has 0 radical (unpaired) electrons. The molecule has 0 saturated carbocycles. The maximum atomic E-state index is 12.3. The van der Waals surface area contributed by atoms with Gasteiger partial charge in [-0.3, -0.25) is 4.79 Å². The summed E-state index contributed by atoms with van der Waals surface area (Å²) in [6, 6.07) is 14.4. The summed E-state index contributed by atoms with van der Waals surface area (Å²) in [6.07, 6.45) is -0.522. The van der Waals surface area contributed by atoms with Crippen LogP contribution in [0.1, 0.15) is 22.6 Å². The van der Waals surface area contributed by atoms with Crippen LogP contribution in [0.4, 0.5) is 4.79 Å². The first-order valence-corrected chi connectivity index (χ1v) is 7.89. The van der Waals surface area contributed by atoms with Crippen molar-refractivity contribution < 1.29 is 19.4 Å². The van der Waals surface area contributed by atoms with Crippen LogP contribution in [0.25, 0.3) is 0 Å². The molecule has 1 atom stereocenters. The van der Waals surface area contributed by atoms with Crippen LogP contribution in [-0.4, -0.2) is 28.6 Å². The number of hydrogen-bond acceptors (Lipinski definition) is 3. The van der Waals surface area contributed by atoms with E-state index in [9.17, 15) is 14.7 Å². The van der Waals surface area contributed by atoms with Gasteiger partial charge in [0.15, 0.2) is 0 Å². The van der Waals surface area contributed by atoms with Crippen LogP contribution < -0.4 is 0 Å². The first-order valence-electron chi connectivity index (χ1n) is 7.51. The van der Waals surface area contributed by atoms with Crippen LogP contribution in [0.5, 0.6) is 0 Å². The van der Waals surface area contributed by atoms with Crippen LogP contribution in [-0.2, 0) is 22.7 Å². The van der Waals surface area contributed by atoms with Gasteiger partial charge in [-0.1, -0.05) is 48.0 Å². The van der Waals surface area contributed by atoms with Crippen LogP contribution in [0.3, 0.4) is 0 Å². The second kappa shape index (κ2) is 6.93. The lowest BCUT2D eigenvalue weighted by molar-refractivity contribution is -0.139. The molecule has 1 aliphatic rings. The molecule has 1 N–H and O–H groups in total. The molecule has 1 unspecified atom stereocenters. The number of halogens is 1. The summed E-state index contributed by atoms with van der Waals surface area (Å²) in [5.41, 5.74) is 2.31. The highest BCUT2D eigenvalue weighted by atomic mass is 35.5. The Morgan fingerprint density at radius 3 is 2.67 bits per heavy atom. The number of aliphatic carboxylic acids is 1. The predicted molar refractivity (Wildman–Crippen MR) is 88.9 cm³/mol. The van der Waals surface area contributed by atoms with E-state index in [-0.39, 0.29) is 13.2 Å². The number of fused-ring (bicyclic) bond motifs is 1. The summed E-state index contributed by atoms with van der Waals surface area (Å²) in [5.74, 6) is -1.80. The van der Waals surface area contributed by atoms with Crippen LogP contribution in [0.2, 0.25) is 5.02 Å². The third-order valence-corrected chi connectivity index (χ3v) is 4.24. The zero-order chi connectivity index (χ0) is 17.1. The summed E-state index contributed by atoms with van der Waals surface area (Å²) in [7, 11) is 0. The van der Waals surface area contributed by atoms with E-state index in [0.717, 1.165) is 11.1 Å². The molecule has 0 spiro atoms. The third-order valence-electron chi connectivity index (χ3n) is 4.01. The van der Waals surface area contributed by atoms with Crippen LogP contribution in [0, 0.1) is 0 Å². The Kier molecular flexibility index (Phi) is 4.71. The molecule has 0 fully saturated rings. The molecule has 6 heteroatoms. The minimum Gasteiger partial charge on any atom is -0.481 e. The highest BCUT2D eigenvalue weighted by molar-refractivity contribution is 6.30. The van der Waals surface area contributed by atoms with Crippen molar-refractivity contribution in [1.29, 1.82) is 0 Å². The molecular formula is C18H16ClNO4. The molecule has 0 saturated heterocycles. The normalized spacial score (nSPS) is 16.4. The lowest BCUT2D eigenvalue weighted by Crippen LogP contribution is -2.40. The number of amides is 1. The molecule has 0 bridgehead atoms. The fraction of sp³-hybridized carbons (Fsp3) is 0.222. The number of carbonyl (C=O) groups is 2. The van der Waals surface area contributed by atoms with Crippen molar-refractivity contribution in [2.24, 2.45) is 0 Å². The second-order valence-electron chi connectivity index (χ2n) is 5.65. The Labute approximate surface area is 144 Å². The Bertz CT molecular complexity index is 763. The number of benzene rings is 2. The molecule has 0 aliphatic carbocycles. The quantitative estimate of drug-likeness (QED) is 0.921. The molecule has 2 aromatic carbocycles. The Morgan fingerprint density at radius 2 is 1.96 bits per heavy atom. The molecule has 124 valence electrons. The van der Waals surface area contributed by atoms with Gasteiger partial charge in [0.05, 0.1) is 5.92 Å². The van der Waals surface area contributed by atoms with E-state index in [0.29, 0.717) is 17.1 Å². The van der Waals surface area contributed by atoms with Crippen LogP contribution >= 0.6 is 11.6 Å². The van der Waals surface area contributed by atoms with Crippen molar-refractivity contribution in [3.8, 4) is 0 Å². The molecule has 2 aromatic rings. The van der Waals surface area contributed by atoms with Crippen molar-refractivity contribution in [2.75, 3.05) is 6.54 Å². The highest BCUT2D eigenvalue weighted by Gasteiger charge is 2.33. The monoisotopic (exact) mass is 345 g/mol. The van der Waals surface area contributed by atoms with Gasteiger partial charge in [0.1, 0.15) is 6.61 Å². The zero-order valence-electron chi connectivity index (χ0n) is 12.8. The van der Waals surface area contributed by atoms with Gasteiger partial charge in [0, 0.05) is 18.1 Å². The van der Waals surface area contributed by atoms with E-state index in [4.69, 9.17) is 16.3 Å². The fourth-order valence-electron chi connectivity index (χ4n) is 2.78. The Balaban J connectivity index is 1.74. The van der Waals surface area contributed by atoms with E-state index in [1.54, 1.807) is 18.2 Å². The van der Waals surface area contributed by atoms with Gasteiger partial charge in [0.25, 0.3) is 0 Å². The van der Waals surface area contributed by atoms with Gasteiger partial charge in [-0.15, -0.1) is 0 Å². The van der Waals surface area contributed by atoms with Gasteiger partial charge in [-0.2, -0.15) is 0 Å². The summed E-state index contributed by atoms with van der Waals surface area (Å²) in [5, 5.41) is 9.95. The summed E-state index contributed by atoms with van der Waals surface area (Å²) < 4.78 is 5.30. The van der Waals surface area contributed by atoms with Crippen LogP contribution in [0.15, 0.2) is 48.5 Å². The number of rotatable bonds is 3. The molecule has 24 heavy (non-hydrogen) atoms. The van der Waals surface area contributed by atoms with Gasteiger partial charge >= 0.3 is 12.1 Å². The SMILES string of the molecule is O=C(O)C1CN(C(=O)OCc2ccccc2)Cc2ccc(Cl)cc21. The average molecular weight is 346 g/mol. The zero-order valence-corrected chi connectivity index (χ0v) is 13.6. The number of carboxylic acids is 1. The molecule has 1 aliphatic heterocycles. The largest absolute Gasteiger partial charge is 0.481 e. The van der Waals surface area contributed by atoms with Gasteiger partial charge in [0.2, 0.25) is 0 Å². The van der Waals surface area contributed by atoms with E-state index < -0.39 is 18.0 Å². The Morgan fingerprint density at radius 1 is 1.21 bits per heavy atom. The average Bonchev–Trinajstić information content (AvgIpc) is 2.59. The minimum absolute atomic E-state index is 0.0658. The summed E-state index contributed by atoms with van der Waals surface area (Å²) >= 11 is 5.96. The van der Waals surface area contributed by atoms with Crippen molar-refractivity contribution in [3.63, 3.8) is 0 Å². The van der Waals surface area contributed by atoms with E-state index in [2.05, 4.69) is 0 Å². The fourth-order valence-corrected chi connectivity index (χ4v) is 2.96. The molecule has 0 aromatic heterocycles. The lowest BCUT2D eigenvalue weighted by Gasteiger charge is -2.32. The molecule has 5 nitrogen and oxygen atoms in total. The third kappa shape index (κ3) is 3.51. The molecule has 1 amide bonds. The van der Waals surface area contributed by atoms with Gasteiger partial charge < -0.3 is 14.7 Å². The van der Waals surface area contributed by atoms with Gasteiger partial charge in [-0.25, -0.2) is 4.79 Å². The number of hydrogen-bond donors (Lipinski definition) is 1. The van der Waals surface area contributed by atoms with E-state index >= 15 is 0 Å². The maximum absolute atomic E-state index is 12.3. The molecular weight excluding hydrogens is 330 g/mol. The number of carboxylic acid groups (broad SMARTS) is 1. The van der Waals surface area contributed by atoms with Crippen molar-refractivity contribution >= 4 is 23.7 Å². The van der Waals surface area contributed by atoms with Crippen molar-refractivity contribution in [2.45, 2.75) is 19.1 Å². The first-order chi connectivity index (χ1) is 11.5. The van der Waals surface area contributed by atoms with Crippen molar-refractivity contribution in [1.82, 2.24) is 4.90 Å². The van der Waals surface area contributed by atoms with E-state index in [1.165, 1.54) is 4.90 Å². The minimum atomic E-state index is -0.987. The number of carbonyl (C=O) groups excluding carboxylic acids is 1. The molecule has 1 heterocycles. The lowest BCUT2D eigenvalue weighted by atomic mass is 9.90. The Hall–Kier alpha value is -2.53. The van der Waals surface area contributed by atoms with Gasteiger partial charge in [-0.05, 0) is 28.8 Å². The number of ether oxygens (including phenoxy) is 1. The first kappa shape index (κ1) is 16.3. The topological polar surface area (TPSA) is 66.8 Å². The highest BCUT2D eigenvalue weighted by Crippen LogP contribution is 2.31. The summed E-state index contributed by atoms with van der Waals surface area (Å²) in [4.78, 5) is 25.3.